The van der Waals surface area contributed by atoms with E-state index in [0.717, 1.165) is 12.1 Å². The first-order chi connectivity index (χ1) is 13.7. The lowest BCUT2D eigenvalue weighted by molar-refractivity contribution is -0.385. The number of hydrogen-bond acceptors (Lipinski definition) is 6. The first-order valence-corrected chi connectivity index (χ1v) is 9.71. The molecule has 3 rings (SSSR count). The van der Waals surface area contributed by atoms with Crippen LogP contribution in [0.4, 0.5) is 20.2 Å². The lowest BCUT2D eigenvalue weighted by Crippen LogP contribution is -2.41. The predicted molar refractivity (Wildman–Crippen MR) is 115 cm³/mol. The zero-order chi connectivity index (χ0) is 22.9. The van der Waals surface area contributed by atoms with Gasteiger partial charge in [-0.15, -0.1) is 0 Å². The molecule has 1 fully saturated rings. The number of hydrogen-bond donors (Lipinski definition) is 0. The van der Waals surface area contributed by atoms with E-state index in [9.17, 15) is 29.0 Å². The van der Waals surface area contributed by atoms with Gasteiger partial charge in [0.05, 0.1) is 33.2 Å². The van der Waals surface area contributed by atoms with Gasteiger partial charge in [0.15, 0.2) is 0 Å². The highest BCUT2D eigenvalue weighted by molar-refractivity contribution is 14.1. The van der Waals surface area contributed by atoms with E-state index in [1.165, 1.54) is 24.3 Å². The fourth-order valence-electron chi connectivity index (χ4n) is 2.46. The van der Waals surface area contributed by atoms with Crippen LogP contribution in [0.5, 0.6) is 0 Å². The van der Waals surface area contributed by atoms with Gasteiger partial charge in [-0.25, -0.2) is 8.78 Å². The summed E-state index contributed by atoms with van der Waals surface area (Å²) in [6.07, 6.45) is 0. The SMILES string of the molecule is CC1(C)OB(c2cc(F)cc([N+](=O)[O-])c2)OC1(C)C.O=[N+]([O-])c1cc(F)cc(I)c1. The van der Waals surface area contributed by atoms with Crippen LogP contribution in [0.25, 0.3) is 0 Å². The maximum atomic E-state index is 13.4. The van der Waals surface area contributed by atoms with Crippen LogP contribution in [0.3, 0.4) is 0 Å². The number of nitro benzene ring substituents is 2. The summed E-state index contributed by atoms with van der Waals surface area (Å²) in [6, 6.07) is 6.76. The summed E-state index contributed by atoms with van der Waals surface area (Å²) >= 11 is 1.82. The van der Waals surface area contributed by atoms with Gasteiger partial charge in [-0.3, -0.25) is 20.2 Å². The summed E-state index contributed by atoms with van der Waals surface area (Å²) in [4.78, 5) is 19.6. The summed E-state index contributed by atoms with van der Waals surface area (Å²) in [7, 11) is -0.806. The number of nitro groups is 2. The van der Waals surface area contributed by atoms with Crippen LogP contribution >= 0.6 is 22.6 Å². The van der Waals surface area contributed by atoms with E-state index in [0.29, 0.717) is 9.03 Å². The largest absolute Gasteiger partial charge is 0.495 e. The fourth-order valence-corrected chi connectivity index (χ4v) is 3.08. The van der Waals surface area contributed by atoms with E-state index in [4.69, 9.17) is 9.31 Å². The van der Waals surface area contributed by atoms with Gasteiger partial charge in [-0.2, -0.15) is 0 Å². The molecule has 0 unspecified atom stereocenters. The number of rotatable bonds is 3. The fraction of sp³-hybridized carbons (Fsp3) is 0.333. The van der Waals surface area contributed by atoms with Crippen LogP contribution in [0.15, 0.2) is 36.4 Å². The minimum absolute atomic E-state index is 0.214. The highest BCUT2D eigenvalue weighted by atomic mass is 127. The Balaban J connectivity index is 0.000000248. The minimum atomic E-state index is -0.806. The number of nitrogens with zero attached hydrogens (tertiary/aromatic N) is 2. The van der Waals surface area contributed by atoms with Crippen molar-refractivity contribution in [2.24, 2.45) is 0 Å². The van der Waals surface area contributed by atoms with Gasteiger partial charge in [-0.05, 0) is 67.9 Å². The highest BCUT2D eigenvalue weighted by Crippen LogP contribution is 2.36. The molecule has 30 heavy (non-hydrogen) atoms. The van der Waals surface area contributed by atoms with Crippen LogP contribution in [-0.4, -0.2) is 28.2 Å². The third-order valence-corrected chi connectivity index (χ3v) is 5.32. The van der Waals surface area contributed by atoms with Crippen LogP contribution in [0.1, 0.15) is 27.7 Å². The molecule has 0 aliphatic carbocycles. The summed E-state index contributed by atoms with van der Waals surface area (Å²) in [5.41, 5.74) is -1.36. The van der Waals surface area contributed by atoms with E-state index in [-0.39, 0.29) is 11.4 Å². The molecular formula is C18H18BF2IN2O6. The van der Waals surface area contributed by atoms with Crippen molar-refractivity contribution < 1.29 is 27.9 Å². The molecule has 1 saturated heterocycles. The van der Waals surface area contributed by atoms with Crippen molar-refractivity contribution in [2.75, 3.05) is 0 Å². The average molecular weight is 534 g/mol. The second kappa shape index (κ2) is 8.90. The Morgan fingerprint density at radius 3 is 1.70 bits per heavy atom. The maximum Gasteiger partial charge on any atom is 0.495 e. The normalized spacial score (nSPS) is 16.6. The first-order valence-electron chi connectivity index (χ1n) is 8.63. The zero-order valence-corrected chi connectivity index (χ0v) is 18.7. The second-order valence-electron chi connectivity index (χ2n) is 7.47. The summed E-state index contributed by atoms with van der Waals surface area (Å²) < 4.78 is 37.9. The van der Waals surface area contributed by atoms with Crippen LogP contribution in [-0.2, 0) is 9.31 Å². The monoisotopic (exact) mass is 534 g/mol. The van der Waals surface area contributed by atoms with Crippen molar-refractivity contribution in [3.63, 3.8) is 0 Å². The van der Waals surface area contributed by atoms with Crippen LogP contribution in [0, 0.1) is 35.4 Å². The Kier molecular flexibility index (Phi) is 7.14. The van der Waals surface area contributed by atoms with Crippen LogP contribution < -0.4 is 5.46 Å². The molecule has 8 nitrogen and oxygen atoms in total. The number of halogens is 3. The summed E-state index contributed by atoms with van der Waals surface area (Å²) in [5, 5.41) is 20.9. The van der Waals surface area contributed by atoms with Gasteiger partial charge in [0.2, 0.25) is 0 Å². The Labute approximate surface area is 185 Å². The molecule has 0 amide bonds. The number of benzene rings is 2. The average Bonchev–Trinajstić information content (AvgIpc) is 2.81. The molecule has 0 atom stereocenters. The third-order valence-electron chi connectivity index (χ3n) is 4.70. The Morgan fingerprint density at radius 1 is 0.833 bits per heavy atom. The van der Waals surface area contributed by atoms with E-state index in [2.05, 4.69) is 0 Å². The third kappa shape index (κ3) is 5.70. The van der Waals surface area contributed by atoms with Crippen molar-refractivity contribution in [1.29, 1.82) is 0 Å². The topological polar surface area (TPSA) is 105 Å². The molecule has 2 aromatic rings. The minimum Gasteiger partial charge on any atom is -0.399 e. The quantitative estimate of drug-likeness (QED) is 0.251. The molecule has 2 aromatic carbocycles. The Hall–Kier alpha value is -2.19. The van der Waals surface area contributed by atoms with E-state index in [1.807, 2.05) is 50.3 Å². The Morgan fingerprint density at radius 2 is 1.27 bits per heavy atom. The molecule has 0 radical (unpaired) electrons. The molecule has 1 aliphatic heterocycles. The first kappa shape index (κ1) is 24.1. The van der Waals surface area contributed by atoms with E-state index in [1.54, 1.807) is 0 Å². The molecule has 1 aliphatic rings. The van der Waals surface area contributed by atoms with Crippen molar-refractivity contribution in [2.45, 2.75) is 38.9 Å². The molecule has 1 heterocycles. The molecular weight excluding hydrogens is 516 g/mol. The molecule has 160 valence electrons. The van der Waals surface area contributed by atoms with E-state index < -0.39 is 39.8 Å². The Bertz CT molecular complexity index is 953. The molecule has 0 N–H and O–H groups in total. The van der Waals surface area contributed by atoms with E-state index >= 15 is 0 Å². The van der Waals surface area contributed by atoms with Crippen molar-refractivity contribution in [3.8, 4) is 0 Å². The van der Waals surface area contributed by atoms with Crippen LogP contribution in [0.2, 0.25) is 0 Å². The van der Waals surface area contributed by atoms with Crippen molar-refractivity contribution >= 4 is 46.5 Å². The van der Waals surface area contributed by atoms with Gasteiger partial charge >= 0.3 is 7.12 Å². The predicted octanol–water partition coefficient (Wildman–Crippen LogP) is 4.37. The van der Waals surface area contributed by atoms with Gasteiger partial charge in [-0.1, -0.05) is 0 Å². The van der Waals surface area contributed by atoms with Crippen molar-refractivity contribution in [3.05, 3.63) is 71.8 Å². The van der Waals surface area contributed by atoms with Gasteiger partial charge in [0.1, 0.15) is 11.6 Å². The van der Waals surface area contributed by atoms with Gasteiger partial charge in [0.25, 0.3) is 11.4 Å². The van der Waals surface area contributed by atoms with Gasteiger partial charge in [0, 0.05) is 15.7 Å². The lowest BCUT2D eigenvalue weighted by Gasteiger charge is -2.32. The van der Waals surface area contributed by atoms with Crippen molar-refractivity contribution in [1.82, 2.24) is 0 Å². The smallest absolute Gasteiger partial charge is 0.399 e. The molecule has 0 bridgehead atoms. The number of non-ortho nitro benzene ring substituents is 2. The van der Waals surface area contributed by atoms with Gasteiger partial charge < -0.3 is 9.31 Å². The zero-order valence-electron chi connectivity index (χ0n) is 16.5. The molecule has 0 saturated carbocycles. The summed E-state index contributed by atoms with van der Waals surface area (Å²) in [6.45, 7) is 7.45. The molecule has 0 spiro atoms. The highest BCUT2D eigenvalue weighted by Gasteiger charge is 2.52. The standard InChI is InChI=1S/C12H15BFNO4.C6H3FINO2/c1-11(2)12(3,4)19-13(18-11)8-5-9(14)7-10(6-8)15(16)17;7-4-1-5(8)3-6(2-4)9(10)11/h5-7H,1-4H3;1-3H. The molecule has 12 heteroatoms. The molecule has 0 aromatic heterocycles. The maximum absolute atomic E-state index is 13.4. The summed E-state index contributed by atoms with van der Waals surface area (Å²) in [5.74, 6) is -1.26. The lowest BCUT2D eigenvalue weighted by atomic mass is 9.79. The second-order valence-corrected chi connectivity index (χ2v) is 8.72.